The van der Waals surface area contributed by atoms with Crippen molar-refractivity contribution in [3.63, 3.8) is 0 Å². The molecule has 0 aliphatic carbocycles. The summed E-state index contributed by atoms with van der Waals surface area (Å²) in [5.41, 5.74) is 1.10. The van der Waals surface area contributed by atoms with Crippen LogP contribution in [0.15, 0.2) is 18.2 Å². The Morgan fingerprint density at radius 1 is 1.33 bits per heavy atom. The molecule has 0 spiro atoms. The molecule has 3 nitrogen and oxygen atoms in total. The van der Waals surface area contributed by atoms with Crippen molar-refractivity contribution in [2.45, 2.75) is 26.0 Å². The minimum atomic E-state index is -0.846. The lowest BCUT2D eigenvalue weighted by molar-refractivity contribution is 0.0342. The van der Waals surface area contributed by atoms with Crippen molar-refractivity contribution in [2.75, 3.05) is 26.3 Å². The summed E-state index contributed by atoms with van der Waals surface area (Å²) in [5.74, 6) is 0. The van der Waals surface area contributed by atoms with Gasteiger partial charge in [0.2, 0.25) is 0 Å². The molecule has 1 aromatic carbocycles. The molecule has 0 atom stereocenters. The first kappa shape index (κ1) is 13.8. The van der Waals surface area contributed by atoms with Gasteiger partial charge in [0.15, 0.2) is 0 Å². The number of nitrogens with zero attached hydrogens (tertiary/aromatic N) is 1. The van der Waals surface area contributed by atoms with Gasteiger partial charge in [0.1, 0.15) is 0 Å². The third kappa shape index (κ3) is 3.45. The molecule has 2 rings (SSSR count). The van der Waals surface area contributed by atoms with Gasteiger partial charge in [0.05, 0.1) is 18.8 Å². The second kappa shape index (κ2) is 5.57. The van der Waals surface area contributed by atoms with E-state index in [1.165, 1.54) is 0 Å². The molecule has 1 N–H and O–H groups in total. The van der Waals surface area contributed by atoms with Crippen molar-refractivity contribution >= 4 is 11.6 Å². The van der Waals surface area contributed by atoms with E-state index in [9.17, 15) is 5.11 Å². The highest BCUT2D eigenvalue weighted by molar-refractivity contribution is 6.31. The molecule has 0 saturated carbocycles. The standard InChI is InChI=1S/C14H20ClNO2/c1-14(2,17)12-4-3-11(13(15)9-12)10-16-5-7-18-8-6-16/h3-4,9,17H,5-8,10H2,1-2H3. The Labute approximate surface area is 113 Å². The molecule has 1 aliphatic heterocycles. The van der Waals surface area contributed by atoms with Gasteiger partial charge in [-0.2, -0.15) is 0 Å². The summed E-state index contributed by atoms with van der Waals surface area (Å²) in [4.78, 5) is 2.33. The first-order valence-corrected chi connectivity index (χ1v) is 6.66. The molecule has 1 saturated heterocycles. The van der Waals surface area contributed by atoms with Crippen molar-refractivity contribution in [3.05, 3.63) is 34.3 Å². The number of aliphatic hydroxyl groups is 1. The fraction of sp³-hybridized carbons (Fsp3) is 0.571. The number of halogens is 1. The molecule has 1 fully saturated rings. The maximum Gasteiger partial charge on any atom is 0.0841 e. The number of rotatable bonds is 3. The summed E-state index contributed by atoms with van der Waals surface area (Å²) in [7, 11) is 0. The molecule has 1 aromatic rings. The van der Waals surface area contributed by atoms with Crippen LogP contribution in [0.1, 0.15) is 25.0 Å². The van der Waals surface area contributed by atoms with Crippen LogP contribution in [0.3, 0.4) is 0 Å². The van der Waals surface area contributed by atoms with Crippen LogP contribution in [0, 0.1) is 0 Å². The van der Waals surface area contributed by atoms with Gasteiger partial charge >= 0.3 is 0 Å². The van der Waals surface area contributed by atoms with Gasteiger partial charge in [-0.05, 0) is 31.0 Å². The van der Waals surface area contributed by atoms with E-state index in [-0.39, 0.29) is 0 Å². The molecular formula is C14H20ClNO2. The Kier molecular flexibility index (Phi) is 4.28. The van der Waals surface area contributed by atoms with Gasteiger partial charge in [0, 0.05) is 24.7 Å². The van der Waals surface area contributed by atoms with E-state index < -0.39 is 5.60 Å². The summed E-state index contributed by atoms with van der Waals surface area (Å²) in [6.45, 7) is 7.85. The van der Waals surface area contributed by atoms with Crippen molar-refractivity contribution in [3.8, 4) is 0 Å². The summed E-state index contributed by atoms with van der Waals surface area (Å²) in [6, 6.07) is 5.81. The zero-order valence-electron chi connectivity index (χ0n) is 10.9. The molecule has 100 valence electrons. The Bertz CT molecular complexity index is 409. The van der Waals surface area contributed by atoms with Crippen LogP contribution in [0.2, 0.25) is 5.02 Å². The normalized spacial score (nSPS) is 18.0. The molecule has 0 radical (unpaired) electrons. The molecule has 18 heavy (non-hydrogen) atoms. The van der Waals surface area contributed by atoms with E-state index in [2.05, 4.69) is 4.90 Å². The second-order valence-corrected chi connectivity index (χ2v) is 5.66. The van der Waals surface area contributed by atoms with Gasteiger partial charge in [-0.25, -0.2) is 0 Å². The van der Waals surface area contributed by atoms with E-state index in [4.69, 9.17) is 16.3 Å². The first-order chi connectivity index (χ1) is 8.47. The van der Waals surface area contributed by atoms with Crippen molar-refractivity contribution in [1.82, 2.24) is 4.90 Å². The third-order valence-electron chi connectivity index (χ3n) is 3.26. The number of hydrogen-bond acceptors (Lipinski definition) is 3. The van der Waals surface area contributed by atoms with Gasteiger partial charge in [0.25, 0.3) is 0 Å². The molecule has 0 unspecified atom stereocenters. The van der Waals surface area contributed by atoms with Gasteiger partial charge < -0.3 is 9.84 Å². The Morgan fingerprint density at radius 3 is 2.56 bits per heavy atom. The minimum Gasteiger partial charge on any atom is -0.386 e. The Morgan fingerprint density at radius 2 is 2.00 bits per heavy atom. The fourth-order valence-corrected chi connectivity index (χ4v) is 2.30. The number of hydrogen-bond donors (Lipinski definition) is 1. The van der Waals surface area contributed by atoms with Crippen LogP contribution in [0.5, 0.6) is 0 Å². The predicted octanol–water partition coefficient (Wildman–Crippen LogP) is 2.40. The monoisotopic (exact) mass is 269 g/mol. The molecule has 1 aliphatic rings. The van der Waals surface area contributed by atoms with Gasteiger partial charge in [-0.15, -0.1) is 0 Å². The SMILES string of the molecule is CC(C)(O)c1ccc(CN2CCOCC2)c(Cl)c1. The van der Waals surface area contributed by atoms with Crippen molar-refractivity contribution in [1.29, 1.82) is 0 Å². The quantitative estimate of drug-likeness (QED) is 0.915. The largest absolute Gasteiger partial charge is 0.386 e. The fourth-order valence-electron chi connectivity index (χ4n) is 2.06. The topological polar surface area (TPSA) is 32.7 Å². The smallest absolute Gasteiger partial charge is 0.0841 e. The van der Waals surface area contributed by atoms with Crippen molar-refractivity contribution in [2.24, 2.45) is 0 Å². The van der Waals surface area contributed by atoms with E-state index in [1.807, 2.05) is 18.2 Å². The summed E-state index contributed by atoms with van der Waals surface area (Å²) in [5, 5.41) is 10.7. The minimum absolute atomic E-state index is 0.723. The summed E-state index contributed by atoms with van der Waals surface area (Å²) in [6.07, 6.45) is 0. The van der Waals surface area contributed by atoms with Gasteiger partial charge in [-0.3, -0.25) is 4.90 Å². The molecule has 0 bridgehead atoms. The molecule has 0 amide bonds. The van der Waals surface area contributed by atoms with E-state index in [0.717, 1.165) is 49.0 Å². The zero-order valence-corrected chi connectivity index (χ0v) is 11.7. The predicted molar refractivity (Wildman–Crippen MR) is 72.8 cm³/mol. The number of benzene rings is 1. The molecule has 0 aromatic heterocycles. The zero-order chi connectivity index (χ0) is 13.2. The lowest BCUT2D eigenvalue weighted by atomic mass is 9.97. The van der Waals surface area contributed by atoms with Crippen molar-refractivity contribution < 1.29 is 9.84 Å². The maximum absolute atomic E-state index is 9.94. The first-order valence-electron chi connectivity index (χ1n) is 6.28. The second-order valence-electron chi connectivity index (χ2n) is 5.25. The number of ether oxygens (including phenoxy) is 1. The Hall–Kier alpha value is -0.610. The van der Waals surface area contributed by atoms with E-state index in [1.54, 1.807) is 13.8 Å². The molecule has 4 heteroatoms. The molecular weight excluding hydrogens is 250 g/mol. The average Bonchev–Trinajstić information content (AvgIpc) is 2.32. The lowest BCUT2D eigenvalue weighted by Crippen LogP contribution is -2.35. The van der Waals surface area contributed by atoms with E-state index >= 15 is 0 Å². The van der Waals surface area contributed by atoms with Crippen LogP contribution in [-0.4, -0.2) is 36.3 Å². The average molecular weight is 270 g/mol. The Balaban J connectivity index is 2.09. The number of morpholine rings is 1. The maximum atomic E-state index is 9.94. The summed E-state index contributed by atoms with van der Waals surface area (Å²) < 4.78 is 5.32. The van der Waals surface area contributed by atoms with Crippen LogP contribution >= 0.6 is 11.6 Å². The van der Waals surface area contributed by atoms with Crippen LogP contribution in [-0.2, 0) is 16.9 Å². The van der Waals surface area contributed by atoms with E-state index in [0.29, 0.717) is 0 Å². The lowest BCUT2D eigenvalue weighted by Gasteiger charge is -2.27. The highest BCUT2D eigenvalue weighted by Crippen LogP contribution is 2.26. The summed E-state index contributed by atoms with van der Waals surface area (Å²) >= 11 is 6.29. The van der Waals surface area contributed by atoms with Crippen LogP contribution in [0.4, 0.5) is 0 Å². The highest BCUT2D eigenvalue weighted by atomic mass is 35.5. The molecule has 1 heterocycles. The van der Waals surface area contributed by atoms with Crippen LogP contribution in [0.25, 0.3) is 0 Å². The van der Waals surface area contributed by atoms with Gasteiger partial charge in [-0.1, -0.05) is 23.7 Å². The van der Waals surface area contributed by atoms with Crippen LogP contribution < -0.4 is 0 Å². The highest BCUT2D eigenvalue weighted by Gasteiger charge is 2.18. The third-order valence-corrected chi connectivity index (χ3v) is 3.61.